The van der Waals surface area contributed by atoms with Gasteiger partial charge >= 0.3 is 5.97 Å². The van der Waals surface area contributed by atoms with Gasteiger partial charge < -0.3 is 20.3 Å². The fraction of sp³-hybridized carbons (Fsp3) is 0.897. The highest BCUT2D eigenvalue weighted by molar-refractivity contribution is 5.76. The number of amides is 1. The molecule has 0 radical (unpaired) electrons. The van der Waals surface area contributed by atoms with Crippen LogP contribution >= 0.6 is 0 Å². The van der Waals surface area contributed by atoms with Crippen molar-refractivity contribution in [3.8, 4) is 0 Å². The van der Waals surface area contributed by atoms with E-state index in [4.69, 9.17) is 4.74 Å². The molecule has 0 bridgehead atoms. The highest BCUT2D eigenvalue weighted by atomic mass is 16.5. The number of aliphatic hydroxyl groups is 2. The van der Waals surface area contributed by atoms with Crippen LogP contribution in [-0.4, -0.2) is 47.4 Å². The molecule has 0 aromatic rings. The molecule has 0 heterocycles. The zero-order valence-corrected chi connectivity index (χ0v) is 56.9. The van der Waals surface area contributed by atoms with Gasteiger partial charge in [-0.15, -0.1) is 0 Å². The Labute approximate surface area is 525 Å². The topological polar surface area (TPSA) is 95.9 Å². The molecular weight excluding hydrogens is 1030 g/mol. The molecule has 0 aromatic heterocycles. The number of unbranched alkanes of at least 4 members (excludes halogenated alkanes) is 55. The van der Waals surface area contributed by atoms with Crippen molar-refractivity contribution in [2.75, 3.05) is 13.2 Å². The van der Waals surface area contributed by atoms with Crippen LogP contribution in [0, 0.1) is 0 Å². The summed E-state index contributed by atoms with van der Waals surface area (Å²) in [6, 6.07) is -0.540. The summed E-state index contributed by atoms with van der Waals surface area (Å²) in [7, 11) is 0. The Morgan fingerprint density at radius 1 is 0.333 bits per heavy atom. The SMILES string of the molecule is CCCCC/C=C\C/C=C\CCCCCCCCCCCC(=O)OCCCCCCCCCCCCCC/C=C\CCCCCCCCCCCCCCCCCCC(=O)NC(CO)C(O)CCCCCCCCCCCCCCCCCC. The van der Waals surface area contributed by atoms with Crippen molar-refractivity contribution in [2.45, 2.75) is 437 Å². The molecule has 2 atom stereocenters. The Hall–Kier alpha value is -1.92. The Bertz CT molecular complexity index is 1360. The third kappa shape index (κ3) is 69.2. The smallest absolute Gasteiger partial charge is 0.305 e. The second-order valence-electron chi connectivity index (χ2n) is 26.3. The second kappa shape index (κ2) is 73.5. The summed E-state index contributed by atoms with van der Waals surface area (Å²) in [5.74, 6) is -0.0139. The highest BCUT2D eigenvalue weighted by Crippen LogP contribution is 2.19. The van der Waals surface area contributed by atoms with E-state index in [1.807, 2.05) is 0 Å². The fourth-order valence-corrected chi connectivity index (χ4v) is 12.1. The van der Waals surface area contributed by atoms with Crippen molar-refractivity contribution in [2.24, 2.45) is 0 Å². The predicted molar refractivity (Wildman–Crippen MR) is 370 cm³/mol. The fourth-order valence-electron chi connectivity index (χ4n) is 12.1. The molecule has 496 valence electrons. The quantitative estimate of drug-likeness (QED) is 0.0320. The van der Waals surface area contributed by atoms with Crippen molar-refractivity contribution in [3.63, 3.8) is 0 Å². The minimum atomic E-state index is -0.663. The lowest BCUT2D eigenvalue weighted by atomic mass is 10.0. The summed E-state index contributed by atoms with van der Waals surface area (Å²) < 4.78 is 5.51. The normalized spacial score (nSPS) is 12.7. The number of rotatable bonds is 72. The molecule has 0 saturated carbocycles. The van der Waals surface area contributed by atoms with Crippen LogP contribution in [0.4, 0.5) is 0 Å². The van der Waals surface area contributed by atoms with E-state index in [9.17, 15) is 19.8 Å². The lowest BCUT2D eigenvalue weighted by Gasteiger charge is -2.22. The number of hydrogen-bond acceptors (Lipinski definition) is 5. The van der Waals surface area contributed by atoms with E-state index in [-0.39, 0.29) is 18.5 Å². The number of carbonyl (C=O) groups is 2. The first kappa shape index (κ1) is 82.1. The number of carbonyl (C=O) groups excluding carboxylic acids is 2. The lowest BCUT2D eigenvalue weighted by Crippen LogP contribution is -2.45. The van der Waals surface area contributed by atoms with Crippen molar-refractivity contribution in [1.82, 2.24) is 5.32 Å². The van der Waals surface area contributed by atoms with Gasteiger partial charge in [0.2, 0.25) is 5.91 Å². The van der Waals surface area contributed by atoms with Crippen molar-refractivity contribution in [1.29, 1.82) is 0 Å². The van der Waals surface area contributed by atoms with Crippen LogP contribution in [0.25, 0.3) is 0 Å². The first-order chi connectivity index (χ1) is 41.5. The number of ether oxygens (including phenoxy) is 1. The number of esters is 1. The van der Waals surface area contributed by atoms with Crippen LogP contribution in [0.5, 0.6) is 0 Å². The molecule has 0 aliphatic rings. The first-order valence-corrected chi connectivity index (χ1v) is 38.2. The molecule has 6 heteroatoms. The molecule has 0 fully saturated rings. The maximum Gasteiger partial charge on any atom is 0.305 e. The molecule has 0 saturated heterocycles. The van der Waals surface area contributed by atoms with Gasteiger partial charge in [-0.05, 0) is 83.5 Å². The molecular formula is C78H149NO5. The summed E-state index contributed by atoms with van der Waals surface area (Å²) in [6.45, 7) is 4.97. The van der Waals surface area contributed by atoms with Crippen LogP contribution in [0.3, 0.4) is 0 Å². The first-order valence-electron chi connectivity index (χ1n) is 38.2. The third-order valence-corrected chi connectivity index (χ3v) is 17.9. The molecule has 0 aromatic carbocycles. The second-order valence-corrected chi connectivity index (χ2v) is 26.3. The number of hydrogen-bond donors (Lipinski definition) is 3. The molecule has 1 amide bonds. The minimum absolute atomic E-state index is 0.0151. The minimum Gasteiger partial charge on any atom is -0.466 e. The average molecular weight is 1180 g/mol. The molecule has 3 N–H and O–H groups in total. The maximum atomic E-state index is 12.5. The van der Waals surface area contributed by atoms with Gasteiger partial charge in [0.05, 0.1) is 25.4 Å². The van der Waals surface area contributed by atoms with Gasteiger partial charge in [-0.1, -0.05) is 365 Å². The predicted octanol–water partition coefficient (Wildman–Crippen LogP) is 25.0. The Balaban J connectivity index is 3.34. The van der Waals surface area contributed by atoms with Crippen molar-refractivity contribution >= 4 is 11.9 Å². The van der Waals surface area contributed by atoms with Crippen LogP contribution in [0.1, 0.15) is 425 Å². The summed E-state index contributed by atoms with van der Waals surface area (Å²) >= 11 is 0. The standard InChI is InChI=1S/C78H149NO5/c1-3-5-7-9-11-13-15-17-19-21-36-40-44-48-52-56-60-64-68-72-78(83)84-73-69-65-61-57-53-49-45-41-38-35-33-31-29-27-25-23-22-24-26-28-30-32-34-37-39-43-47-51-55-59-63-67-71-77(82)79-75(74-80)76(81)70-66-62-58-54-50-46-42-20-18-16-14-12-10-8-6-4-2/h11,13,17,19,25,27,75-76,80-81H,3-10,12,14-16,18,20-24,26,28-74H2,1-2H3,(H,79,82)/b13-11-,19-17-,27-25-. The van der Waals surface area contributed by atoms with Crippen molar-refractivity contribution < 1.29 is 24.5 Å². The largest absolute Gasteiger partial charge is 0.466 e. The monoisotopic (exact) mass is 1180 g/mol. The van der Waals surface area contributed by atoms with Crippen LogP contribution in [-0.2, 0) is 14.3 Å². The summed E-state index contributed by atoms with van der Waals surface area (Å²) in [5.41, 5.74) is 0. The molecule has 84 heavy (non-hydrogen) atoms. The van der Waals surface area contributed by atoms with E-state index in [1.54, 1.807) is 0 Å². The van der Waals surface area contributed by atoms with Gasteiger partial charge in [0.25, 0.3) is 0 Å². The van der Waals surface area contributed by atoms with E-state index in [1.165, 1.54) is 340 Å². The zero-order chi connectivity index (χ0) is 60.6. The Morgan fingerprint density at radius 2 is 0.595 bits per heavy atom. The highest BCUT2D eigenvalue weighted by Gasteiger charge is 2.20. The maximum absolute atomic E-state index is 12.5. The third-order valence-electron chi connectivity index (χ3n) is 17.9. The summed E-state index contributed by atoms with van der Waals surface area (Å²) in [4.78, 5) is 24.6. The van der Waals surface area contributed by atoms with Gasteiger partial charge in [0.1, 0.15) is 0 Å². The molecule has 0 spiro atoms. The van der Waals surface area contributed by atoms with E-state index in [2.05, 4.69) is 55.6 Å². The molecule has 0 aliphatic carbocycles. The van der Waals surface area contributed by atoms with Gasteiger partial charge in [0, 0.05) is 12.8 Å². The van der Waals surface area contributed by atoms with E-state index in [0.717, 1.165) is 51.4 Å². The molecule has 0 aliphatic heterocycles. The zero-order valence-electron chi connectivity index (χ0n) is 56.9. The van der Waals surface area contributed by atoms with Crippen LogP contribution in [0.2, 0.25) is 0 Å². The van der Waals surface area contributed by atoms with Gasteiger partial charge in [0.15, 0.2) is 0 Å². The Morgan fingerprint density at radius 3 is 0.940 bits per heavy atom. The summed E-state index contributed by atoms with van der Waals surface area (Å²) in [5, 5.41) is 23.4. The molecule has 6 nitrogen and oxygen atoms in total. The molecule has 0 rings (SSSR count). The van der Waals surface area contributed by atoms with Gasteiger partial charge in [-0.3, -0.25) is 9.59 Å². The number of allylic oxidation sites excluding steroid dienone is 6. The van der Waals surface area contributed by atoms with Crippen molar-refractivity contribution in [3.05, 3.63) is 36.5 Å². The van der Waals surface area contributed by atoms with E-state index < -0.39 is 12.1 Å². The van der Waals surface area contributed by atoms with E-state index in [0.29, 0.717) is 25.9 Å². The number of nitrogens with one attached hydrogen (secondary N) is 1. The van der Waals surface area contributed by atoms with Crippen LogP contribution < -0.4 is 5.32 Å². The lowest BCUT2D eigenvalue weighted by molar-refractivity contribution is -0.143. The van der Waals surface area contributed by atoms with Crippen LogP contribution in [0.15, 0.2) is 36.5 Å². The van der Waals surface area contributed by atoms with Gasteiger partial charge in [-0.25, -0.2) is 0 Å². The van der Waals surface area contributed by atoms with Gasteiger partial charge in [-0.2, -0.15) is 0 Å². The summed E-state index contributed by atoms with van der Waals surface area (Å²) in [6.07, 6.45) is 95.1. The Kier molecular flexibility index (Phi) is 71.9. The molecule has 2 unspecified atom stereocenters. The average Bonchev–Trinajstić information content (AvgIpc) is 3.50. The number of aliphatic hydroxyl groups excluding tert-OH is 2. The van der Waals surface area contributed by atoms with E-state index >= 15 is 0 Å².